The first-order valence-corrected chi connectivity index (χ1v) is 5.78. The standard InChI is InChI=1S/C13H22O2/c1-5-12(14)15-11-9-7-6-8-10(11)13(2,3)4/h5,10-11H,1,6-9H2,2-4H3. The number of carbonyl (C=O) groups is 1. The topological polar surface area (TPSA) is 26.3 Å². The molecule has 2 unspecified atom stereocenters. The first-order valence-electron chi connectivity index (χ1n) is 5.78. The van der Waals surface area contributed by atoms with E-state index in [0.29, 0.717) is 5.92 Å². The summed E-state index contributed by atoms with van der Waals surface area (Å²) in [7, 11) is 0. The summed E-state index contributed by atoms with van der Waals surface area (Å²) in [6.45, 7) is 10.1. The first kappa shape index (κ1) is 12.3. The molecule has 0 saturated heterocycles. The smallest absolute Gasteiger partial charge is 0.330 e. The Kier molecular flexibility index (Phi) is 3.95. The third-order valence-electron chi connectivity index (χ3n) is 3.25. The maximum atomic E-state index is 11.2. The molecule has 0 bridgehead atoms. The number of ether oxygens (including phenoxy) is 1. The van der Waals surface area contributed by atoms with Gasteiger partial charge < -0.3 is 4.74 Å². The fourth-order valence-electron chi connectivity index (χ4n) is 2.43. The van der Waals surface area contributed by atoms with Gasteiger partial charge in [0.2, 0.25) is 0 Å². The monoisotopic (exact) mass is 210 g/mol. The van der Waals surface area contributed by atoms with Crippen molar-refractivity contribution in [3.8, 4) is 0 Å². The zero-order valence-corrected chi connectivity index (χ0v) is 10.1. The second-order valence-electron chi connectivity index (χ2n) is 5.44. The SMILES string of the molecule is C=CC(=O)OC1CCCCC1C(C)(C)C. The van der Waals surface area contributed by atoms with E-state index in [1.54, 1.807) is 0 Å². The molecule has 1 rings (SSSR count). The van der Waals surface area contributed by atoms with E-state index in [4.69, 9.17) is 4.74 Å². The number of carbonyl (C=O) groups excluding carboxylic acids is 1. The van der Waals surface area contributed by atoms with Crippen LogP contribution in [-0.2, 0) is 9.53 Å². The molecule has 0 aromatic heterocycles. The summed E-state index contributed by atoms with van der Waals surface area (Å²) in [5, 5.41) is 0. The summed E-state index contributed by atoms with van der Waals surface area (Å²) < 4.78 is 5.42. The summed E-state index contributed by atoms with van der Waals surface area (Å²) in [6.07, 6.45) is 5.93. The lowest BCUT2D eigenvalue weighted by Gasteiger charge is -2.39. The summed E-state index contributed by atoms with van der Waals surface area (Å²) in [5.74, 6) is 0.200. The average Bonchev–Trinajstić information content (AvgIpc) is 2.17. The fourth-order valence-corrected chi connectivity index (χ4v) is 2.43. The number of hydrogen-bond donors (Lipinski definition) is 0. The van der Waals surface area contributed by atoms with Gasteiger partial charge in [-0.15, -0.1) is 0 Å². The molecule has 1 aliphatic carbocycles. The number of rotatable bonds is 2. The Bertz CT molecular complexity index is 237. The molecule has 0 aliphatic heterocycles. The Labute approximate surface area is 92.7 Å². The lowest BCUT2D eigenvalue weighted by molar-refractivity contribution is -0.150. The van der Waals surface area contributed by atoms with Gasteiger partial charge in [-0.25, -0.2) is 4.79 Å². The molecule has 0 aromatic rings. The molecule has 0 amide bonds. The Balaban J connectivity index is 2.65. The van der Waals surface area contributed by atoms with Crippen LogP contribution in [0.2, 0.25) is 0 Å². The number of hydrogen-bond acceptors (Lipinski definition) is 2. The molecule has 0 spiro atoms. The maximum absolute atomic E-state index is 11.2. The highest BCUT2D eigenvalue weighted by Crippen LogP contribution is 2.39. The molecule has 0 aromatic carbocycles. The van der Waals surface area contributed by atoms with Crippen LogP contribution in [0.4, 0.5) is 0 Å². The van der Waals surface area contributed by atoms with Crippen molar-refractivity contribution in [3.63, 3.8) is 0 Å². The first-order chi connectivity index (χ1) is 6.95. The predicted octanol–water partition coefficient (Wildman–Crippen LogP) is 3.32. The quantitative estimate of drug-likeness (QED) is 0.516. The molecule has 1 aliphatic rings. The highest BCUT2D eigenvalue weighted by molar-refractivity contribution is 5.81. The van der Waals surface area contributed by atoms with Crippen LogP contribution in [0.3, 0.4) is 0 Å². The van der Waals surface area contributed by atoms with Crippen LogP contribution in [0.1, 0.15) is 46.5 Å². The van der Waals surface area contributed by atoms with Gasteiger partial charge in [0.15, 0.2) is 0 Å². The molecule has 1 fully saturated rings. The van der Waals surface area contributed by atoms with Gasteiger partial charge in [0.05, 0.1) is 0 Å². The molecule has 2 atom stereocenters. The third kappa shape index (κ3) is 3.37. The number of esters is 1. The Morgan fingerprint density at radius 1 is 1.33 bits per heavy atom. The molecular formula is C13H22O2. The van der Waals surface area contributed by atoms with Crippen molar-refractivity contribution in [1.82, 2.24) is 0 Å². The lowest BCUT2D eigenvalue weighted by Crippen LogP contribution is -2.37. The normalized spacial score (nSPS) is 27.1. The van der Waals surface area contributed by atoms with E-state index >= 15 is 0 Å². The fraction of sp³-hybridized carbons (Fsp3) is 0.769. The van der Waals surface area contributed by atoms with Crippen LogP contribution < -0.4 is 0 Å². The molecule has 1 saturated carbocycles. The minimum absolute atomic E-state index is 0.0873. The second kappa shape index (κ2) is 4.82. The largest absolute Gasteiger partial charge is 0.459 e. The average molecular weight is 210 g/mol. The van der Waals surface area contributed by atoms with E-state index in [1.807, 2.05) is 0 Å². The van der Waals surface area contributed by atoms with Crippen molar-refractivity contribution in [1.29, 1.82) is 0 Å². The van der Waals surface area contributed by atoms with Gasteiger partial charge in [0, 0.05) is 12.0 Å². The minimum atomic E-state index is -0.281. The highest BCUT2D eigenvalue weighted by Gasteiger charge is 2.35. The van der Waals surface area contributed by atoms with Crippen molar-refractivity contribution in [2.24, 2.45) is 11.3 Å². The summed E-state index contributed by atoms with van der Waals surface area (Å²) in [4.78, 5) is 11.2. The molecule has 2 nitrogen and oxygen atoms in total. The Hall–Kier alpha value is -0.790. The predicted molar refractivity (Wildman–Crippen MR) is 61.5 cm³/mol. The van der Waals surface area contributed by atoms with Gasteiger partial charge >= 0.3 is 5.97 Å². The summed E-state index contributed by atoms with van der Waals surface area (Å²) in [6, 6.07) is 0. The van der Waals surface area contributed by atoms with Crippen LogP contribution >= 0.6 is 0 Å². The molecule has 0 radical (unpaired) electrons. The van der Waals surface area contributed by atoms with Gasteiger partial charge in [-0.05, 0) is 24.7 Å². The van der Waals surface area contributed by atoms with E-state index in [9.17, 15) is 4.79 Å². The minimum Gasteiger partial charge on any atom is -0.459 e. The van der Waals surface area contributed by atoms with Crippen LogP contribution in [0.15, 0.2) is 12.7 Å². The van der Waals surface area contributed by atoms with Gasteiger partial charge in [0.25, 0.3) is 0 Å². The highest BCUT2D eigenvalue weighted by atomic mass is 16.5. The van der Waals surface area contributed by atoms with E-state index < -0.39 is 0 Å². The Morgan fingerprint density at radius 3 is 2.47 bits per heavy atom. The second-order valence-corrected chi connectivity index (χ2v) is 5.44. The van der Waals surface area contributed by atoms with Crippen molar-refractivity contribution in [2.75, 3.05) is 0 Å². The van der Waals surface area contributed by atoms with Crippen molar-refractivity contribution in [3.05, 3.63) is 12.7 Å². The zero-order chi connectivity index (χ0) is 11.5. The van der Waals surface area contributed by atoms with Gasteiger partial charge in [-0.1, -0.05) is 33.8 Å². The lowest BCUT2D eigenvalue weighted by atomic mass is 9.71. The van der Waals surface area contributed by atoms with Gasteiger partial charge in [-0.2, -0.15) is 0 Å². The van der Waals surface area contributed by atoms with Crippen molar-refractivity contribution in [2.45, 2.75) is 52.6 Å². The molecule has 2 heteroatoms. The molecular weight excluding hydrogens is 188 g/mol. The molecule has 0 N–H and O–H groups in total. The van der Waals surface area contributed by atoms with Crippen LogP contribution in [-0.4, -0.2) is 12.1 Å². The van der Waals surface area contributed by atoms with Crippen LogP contribution in [0, 0.1) is 11.3 Å². The van der Waals surface area contributed by atoms with E-state index in [-0.39, 0.29) is 17.5 Å². The third-order valence-corrected chi connectivity index (χ3v) is 3.25. The van der Waals surface area contributed by atoms with Gasteiger partial charge in [0.1, 0.15) is 6.10 Å². The van der Waals surface area contributed by atoms with E-state index in [2.05, 4.69) is 27.4 Å². The van der Waals surface area contributed by atoms with E-state index in [0.717, 1.165) is 6.42 Å². The maximum Gasteiger partial charge on any atom is 0.330 e. The molecule has 0 heterocycles. The van der Waals surface area contributed by atoms with Crippen LogP contribution in [0.25, 0.3) is 0 Å². The summed E-state index contributed by atoms with van der Waals surface area (Å²) in [5.41, 5.74) is 0.215. The van der Waals surface area contributed by atoms with Crippen LogP contribution in [0.5, 0.6) is 0 Å². The molecule has 86 valence electrons. The van der Waals surface area contributed by atoms with E-state index in [1.165, 1.54) is 25.3 Å². The Morgan fingerprint density at radius 2 is 1.93 bits per heavy atom. The zero-order valence-electron chi connectivity index (χ0n) is 10.1. The summed E-state index contributed by atoms with van der Waals surface area (Å²) >= 11 is 0. The van der Waals surface area contributed by atoms with Gasteiger partial charge in [-0.3, -0.25) is 0 Å². The van der Waals surface area contributed by atoms with Crippen molar-refractivity contribution < 1.29 is 9.53 Å². The molecule has 15 heavy (non-hydrogen) atoms. The van der Waals surface area contributed by atoms with Crippen molar-refractivity contribution >= 4 is 5.97 Å².